The lowest BCUT2D eigenvalue weighted by atomic mass is 9.83. The van der Waals surface area contributed by atoms with Crippen LogP contribution in [0.3, 0.4) is 0 Å². The molecule has 0 radical (unpaired) electrons. The van der Waals surface area contributed by atoms with Gasteiger partial charge < -0.3 is 14.4 Å². The second-order valence-electron chi connectivity index (χ2n) is 5.42. The summed E-state index contributed by atoms with van der Waals surface area (Å²) in [4.78, 5) is 2.41. The number of rotatable bonds is 3. The molecule has 0 N–H and O–H groups in total. The minimum Gasteiger partial charge on any atom is -0.388 e. The van der Waals surface area contributed by atoms with Crippen LogP contribution in [0.4, 0.5) is 0 Å². The molecule has 0 amide bonds. The average Bonchev–Trinajstić information content (AvgIpc) is 2.30. The van der Waals surface area contributed by atoms with Crippen LogP contribution < -0.4 is 0 Å². The van der Waals surface area contributed by atoms with Crippen LogP contribution in [-0.4, -0.2) is 52.0 Å². The van der Waals surface area contributed by atoms with Gasteiger partial charge in [-0.05, 0) is 40.3 Å². The molecular formula is C15H35NO2. The van der Waals surface area contributed by atoms with Crippen molar-refractivity contribution in [3.8, 4) is 0 Å². The van der Waals surface area contributed by atoms with Crippen LogP contribution in [0.25, 0.3) is 0 Å². The number of likely N-dealkylation sites (tertiary alicyclic amines) is 1. The Morgan fingerprint density at radius 2 is 1.72 bits per heavy atom. The van der Waals surface area contributed by atoms with Crippen LogP contribution in [0, 0.1) is 5.41 Å². The highest BCUT2D eigenvalue weighted by Gasteiger charge is 2.29. The topological polar surface area (TPSA) is 21.7 Å². The van der Waals surface area contributed by atoms with Crippen molar-refractivity contribution in [1.29, 1.82) is 0 Å². The number of hydrogen-bond donors (Lipinski definition) is 0. The van der Waals surface area contributed by atoms with Crippen LogP contribution in [0.5, 0.6) is 0 Å². The summed E-state index contributed by atoms with van der Waals surface area (Å²) < 4.78 is 9.96. The molecule has 3 nitrogen and oxygen atoms in total. The summed E-state index contributed by atoms with van der Waals surface area (Å²) in [6.45, 7) is 13.9. The fourth-order valence-corrected chi connectivity index (χ4v) is 2.07. The van der Waals surface area contributed by atoms with E-state index in [4.69, 9.17) is 4.74 Å². The van der Waals surface area contributed by atoms with Crippen molar-refractivity contribution in [3.63, 3.8) is 0 Å². The Hall–Kier alpha value is -0.120. The zero-order valence-corrected chi connectivity index (χ0v) is 13.9. The molecule has 0 spiro atoms. The maximum Gasteiger partial charge on any atom is 0.0535 e. The third kappa shape index (κ3) is 11.0. The van der Waals surface area contributed by atoms with E-state index >= 15 is 0 Å². The quantitative estimate of drug-likeness (QED) is 0.777. The van der Waals surface area contributed by atoms with Gasteiger partial charge in [0.05, 0.1) is 12.7 Å². The Labute approximate surface area is 115 Å². The molecule has 0 saturated carbocycles. The van der Waals surface area contributed by atoms with E-state index in [0.717, 1.165) is 6.61 Å². The Bertz CT molecular complexity index is 174. The van der Waals surface area contributed by atoms with Gasteiger partial charge in [0, 0.05) is 26.2 Å². The fraction of sp³-hybridized carbons (Fsp3) is 1.00. The van der Waals surface area contributed by atoms with E-state index < -0.39 is 0 Å². The normalized spacial score (nSPS) is 23.8. The highest BCUT2D eigenvalue weighted by atomic mass is 16.5. The fourth-order valence-electron chi connectivity index (χ4n) is 2.07. The first-order valence-electron chi connectivity index (χ1n) is 7.14. The first kappa shape index (κ1) is 20.2. The molecule has 1 aliphatic rings. The number of ether oxygens (including phenoxy) is 2. The first-order valence-corrected chi connectivity index (χ1v) is 7.14. The molecule has 1 fully saturated rings. The van der Waals surface area contributed by atoms with E-state index in [-0.39, 0.29) is 0 Å². The van der Waals surface area contributed by atoms with Crippen molar-refractivity contribution < 1.29 is 9.47 Å². The van der Waals surface area contributed by atoms with E-state index in [1.165, 1.54) is 25.9 Å². The average molecular weight is 261 g/mol. The van der Waals surface area contributed by atoms with E-state index in [0.29, 0.717) is 11.5 Å². The summed E-state index contributed by atoms with van der Waals surface area (Å²) in [5, 5.41) is 0. The van der Waals surface area contributed by atoms with Gasteiger partial charge in [-0.3, -0.25) is 0 Å². The summed E-state index contributed by atoms with van der Waals surface area (Å²) in [5.41, 5.74) is 0.386. The van der Waals surface area contributed by atoms with Gasteiger partial charge in [0.25, 0.3) is 0 Å². The number of nitrogens with zero attached hydrogens (tertiary/aromatic N) is 1. The molecule has 1 rings (SSSR count). The second-order valence-corrected chi connectivity index (χ2v) is 5.42. The first-order chi connectivity index (χ1) is 8.43. The molecule has 0 aromatic carbocycles. The standard InChI is InChI=1S/C11H23NO.C2H6O.C2H6/c1-10(2)13-9-11(3)6-5-7-12(4)8-11;1-3-2;1-2/h10H,5-9H2,1-4H3;1-2H3;1-2H3. The van der Waals surface area contributed by atoms with E-state index in [2.05, 4.69) is 37.5 Å². The molecule has 0 aliphatic carbocycles. The summed E-state index contributed by atoms with van der Waals surface area (Å²) in [7, 11) is 5.45. The molecular weight excluding hydrogens is 226 g/mol. The summed E-state index contributed by atoms with van der Waals surface area (Å²) in [5.74, 6) is 0. The zero-order chi connectivity index (χ0) is 14.6. The molecule has 0 aromatic heterocycles. The Morgan fingerprint density at radius 3 is 2.11 bits per heavy atom. The molecule has 18 heavy (non-hydrogen) atoms. The zero-order valence-electron chi connectivity index (χ0n) is 13.9. The van der Waals surface area contributed by atoms with Crippen molar-refractivity contribution in [3.05, 3.63) is 0 Å². The van der Waals surface area contributed by atoms with E-state index in [9.17, 15) is 0 Å². The Kier molecular flexibility index (Phi) is 13.4. The SMILES string of the molecule is CC.CC(C)OCC1(C)CCCN(C)C1.COC. The maximum absolute atomic E-state index is 5.71. The lowest BCUT2D eigenvalue weighted by Gasteiger charge is -2.38. The lowest BCUT2D eigenvalue weighted by molar-refractivity contribution is -0.0164. The summed E-state index contributed by atoms with van der Waals surface area (Å²) in [6.07, 6.45) is 2.99. The smallest absolute Gasteiger partial charge is 0.0535 e. The van der Waals surface area contributed by atoms with Gasteiger partial charge in [-0.1, -0.05) is 20.8 Å². The second kappa shape index (κ2) is 11.9. The number of methoxy groups -OCH3 is 1. The molecule has 1 aliphatic heterocycles. The molecule has 1 unspecified atom stereocenters. The van der Waals surface area contributed by atoms with Gasteiger partial charge in [0.15, 0.2) is 0 Å². The van der Waals surface area contributed by atoms with Crippen LogP contribution in [0.2, 0.25) is 0 Å². The van der Waals surface area contributed by atoms with E-state index in [1.54, 1.807) is 14.2 Å². The molecule has 3 heteroatoms. The molecule has 1 atom stereocenters. The predicted molar refractivity (Wildman–Crippen MR) is 80.2 cm³/mol. The van der Waals surface area contributed by atoms with Crippen molar-refractivity contribution in [2.45, 2.75) is 53.6 Å². The van der Waals surface area contributed by atoms with Gasteiger partial charge in [-0.2, -0.15) is 0 Å². The van der Waals surface area contributed by atoms with Crippen molar-refractivity contribution in [1.82, 2.24) is 4.90 Å². The van der Waals surface area contributed by atoms with Gasteiger partial charge in [0.2, 0.25) is 0 Å². The molecule has 112 valence electrons. The van der Waals surface area contributed by atoms with Crippen LogP contribution in [0.15, 0.2) is 0 Å². The largest absolute Gasteiger partial charge is 0.388 e. The third-order valence-corrected chi connectivity index (χ3v) is 2.74. The van der Waals surface area contributed by atoms with Crippen molar-refractivity contribution in [2.24, 2.45) is 5.41 Å². The monoisotopic (exact) mass is 261 g/mol. The number of piperidine rings is 1. The minimum absolute atomic E-state index is 0.365. The lowest BCUT2D eigenvalue weighted by Crippen LogP contribution is -2.42. The Balaban J connectivity index is 0. The third-order valence-electron chi connectivity index (χ3n) is 2.74. The van der Waals surface area contributed by atoms with Crippen molar-refractivity contribution >= 4 is 0 Å². The van der Waals surface area contributed by atoms with Gasteiger partial charge in [-0.25, -0.2) is 0 Å². The molecule has 0 bridgehead atoms. The van der Waals surface area contributed by atoms with E-state index in [1.807, 2.05) is 13.8 Å². The molecule has 1 saturated heterocycles. The van der Waals surface area contributed by atoms with Crippen LogP contribution in [0.1, 0.15) is 47.5 Å². The highest BCUT2D eigenvalue weighted by molar-refractivity contribution is 4.82. The predicted octanol–water partition coefficient (Wildman–Crippen LogP) is 3.43. The summed E-state index contributed by atoms with van der Waals surface area (Å²) >= 11 is 0. The van der Waals surface area contributed by atoms with Gasteiger partial charge in [0.1, 0.15) is 0 Å². The molecule has 0 aromatic rings. The maximum atomic E-state index is 5.71. The van der Waals surface area contributed by atoms with Gasteiger partial charge >= 0.3 is 0 Å². The molecule has 1 heterocycles. The summed E-state index contributed by atoms with van der Waals surface area (Å²) in [6, 6.07) is 0. The van der Waals surface area contributed by atoms with Gasteiger partial charge in [-0.15, -0.1) is 0 Å². The Morgan fingerprint density at radius 1 is 1.22 bits per heavy atom. The minimum atomic E-state index is 0.365. The number of hydrogen-bond acceptors (Lipinski definition) is 3. The van der Waals surface area contributed by atoms with Crippen molar-refractivity contribution in [2.75, 3.05) is 41.0 Å². The van der Waals surface area contributed by atoms with Crippen LogP contribution >= 0.6 is 0 Å². The van der Waals surface area contributed by atoms with Crippen LogP contribution in [-0.2, 0) is 9.47 Å². The highest BCUT2D eigenvalue weighted by Crippen LogP contribution is 2.29.